The van der Waals surface area contributed by atoms with Crippen molar-refractivity contribution in [2.75, 3.05) is 13.7 Å². The van der Waals surface area contributed by atoms with Crippen LogP contribution >= 0.6 is 0 Å². The minimum atomic E-state index is -1.05. The zero-order chi connectivity index (χ0) is 23.2. The van der Waals surface area contributed by atoms with Gasteiger partial charge in [-0.15, -0.1) is 0 Å². The third-order valence-corrected chi connectivity index (χ3v) is 7.63. The molecule has 1 saturated heterocycles. The number of ether oxygens (including phenoxy) is 2. The largest absolute Gasteiger partial charge is 0.496 e. The van der Waals surface area contributed by atoms with Crippen LogP contribution in [0.4, 0.5) is 4.39 Å². The zero-order valence-corrected chi connectivity index (χ0v) is 19.5. The van der Waals surface area contributed by atoms with Gasteiger partial charge in [0.25, 0.3) is 6.47 Å². The second kappa shape index (κ2) is 8.17. The highest BCUT2D eigenvalue weighted by atomic mass is 19.1. The third-order valence-electron chi connectivity index (χ3n) is 7.63. The number of likely N-dealkylation sites (tertiary alicyclic amines) is 1. The molecule has 2 fully saturated rings. The average molecular weight is 451 g/mol. The zero-order valence-electron chi connectivity index (χ0n) is 19.5. The quantitative estimate of drug-likeness (QED) is 0.478. The Bertz CT molecular complexity index is 1160. The topological polar surface area (TPSA) is 54.6 Å². The van der Waals surface area contributed by atoms with Gasteiger partial charge in [-0.25, -0.2) is 4.39 Å². The molecule has 1 aromatic heterocycles. The van der Waals surface area contributed by atoms with Crippen molar-refractivity contribution in [1.29, 1.82) is 0 Å². The second-order valence-corrected chi connectivity index (χ2v) is 10.1. The van der Waals surface area contributed by atoms with E-state index < -0.39 is 5.67 Å². The first kappa shape index (κ1) is 22.0. The van der Waals surface area contributed by atoms with E-state index in [1.54, 1.807) is 14.0 Å². The second-order valence-electron chi connectivity index (χ2n) is 10.1. The van der Waals surface area contributed by atoms with E-state index in [1.165, 1.54) is 10.9 Å². The summed E-state index contributed by atoms with van der Waals surface area (Å²) < 4.78 is 25.3. The summed E-state index contributed by atoms with van der Waals surface area (Å²) in [5.74, 6) is 1.42. The number of alkyl halides is 1. The van der Waals surface area contributed by atoms with Gasteiger partial charge >= 0.3 is 0 Å². The molecular formula is C27H31FN2O3. The molecule has 1 aliphatic carbocycles. The number of nitrogens with one attached hydrogen (secondary N) is 1. The van der Waals surface area contributed by atoms with Crippen molar-refractivity contribution in [2.24, 2.45) is 5.41 Å². The van der Waals surface area contributed by atoms with Crippen LogP contribution in [0.15, 0.2) is 42.6 Å². The summed E-state index contributed by atoms with van der Waals surface area (Å²) in [6.07, 6.45) is 5.16. The molecule has 1 atom stereocenters. The number of hydrogen-bond acceptors (Lipinski definition) is 4. The minimum Gasteiger partial charge on any atom is -0.496 e. The van der Waals surface area contributed by atoms with E-state index in [1.807, 2.05) is 30.5 Å². The fourth-order valence-electron chi connectivity index (χ4n) is 6.34. The van der Waals surface area contributed by atoms with Crippen molar-refractivity contribution in [3.05, 3.63) is 59.3 Å². The third kappa shape index (κ3) is 4.01. The number of rotatable bonds is 6. The summed E-state index contributed by atoms with van der Waals surface area (Å²) in [7, 11) is 1.72. The Morgan fingerprint density at radius 2 is 2.00 bits per heavy atom. The number of aromatic nitrogens is 1. The summed E-state index contributed by atoms with van der Waals surface area (Å²) in [4.78, 5) is 16.6. The number of H-pyrrole nitrogens is 1. The van der Waals surface area contributed by atoms with Gasteiger partial charge in [0, 0.05) is 35.2 Å². The Hall–Kier alpha value is -2.86. The number of hydrogen-bond donors (Lipinski definition) is 1. The number of halogens is 1. The highest BCUT2D eigenvalue weighted by Crippen LogP contribution is 2.60. The molecule has 5 rings (SSSR count). The molecule has 0 radical (unpaired) electrons. The highest BCUT2D eigenvalue weighted by Gasteiger charge is 2.55. The summed E-state index contributed by atoms with van der Waals surface area (Å²) in [5.41, 5.74) is 3.64. The van der Waals surface area contributed by atoms with E-state index in [4.69, 9.17) is 9.47 Å². The Balaban J connectivity index is 1.49. The Morgan fingerprint density at radius 3 is 2.67 bits per heavy atom. The van der Waals surface area contributed by atoms with Crippen LogP contribution in [0.1, 0.15) is 55.3 Å². The molecule has 2 aromatic carbocycles. The molecule has 3 aromatic rings. The molecule has 5 nitrogen and oxygen atoms in total. The first-order valence-corrected chi connectivity index (χ1v) is 11.6. The summed E-state index contributed by atoms with van der Waals surface area (Å²) in [5, 5.41) is 1.18. The molecular weight excluding hydrogens is 419 g/mol. The number of piperidine rings is 1. The van der Waals surface area contributed by atoms with Gasteiger partial charge < -0.3 is 14.5 Å². The Kier molecular flexibility index (Phi) is 5.44. The smallest absolute Gasteiger partial charge is 0.298 e. The van der Waals surface area contributed by atoms with Crippen molar-refractivity contribution in [3.63, 3.8) is 0 Å². The van der Waals surface area contributed by atoms with Gasteiger partial charge in [0.15, 0.2) is 0 Å². The first-order valence-electron chi connectivity index (χ1n) is 11.6. The maximum Gasteiger partial charge on any atom is 0.298 e. The van der Waals surface area contributed by atoms with E-state index in [-0.39, 0.29) is 11.5 Å². The van der Waals surface area contributed by atoms with Crippen molar-refractivity contribution >= 4 is 17.4 Å². The van der Waals surface area contributed by atoms with E-state index in [9.17, 15) is 9.18 Å². The van der Waals surface area contributed by atoms with Crippen LogP contribution in [0.25, 0.3) is 10.9 Å². The number of methoxy groups -OCH3 is 1. The van der Waals surface area contributed by atoms with E-state index >= 15 is 0 Å². The number of carbonyl (C=O) groups is 1. The molecule has 0 amide bonds. The molecule has 174 valence electrons. The lowest BCUT2D eigenvalue weighted by Gasteiger charge is -2.56. The molecule has 1 N–H and O–H groups in total. The summed E-state index contributed by atoms with van der Waals surface area (Å²) in [6, 6.07) is 12.1. The van der Waals surface area contributed by atoms with Crippen LogP contribution in [-0.4, -0.2) is 35.7 Å². The molecule has 1 aliphatic heterocycles. The van der Waals surface area contributed by atoms with Gasteiger partial charge in [-0.05, 0) is 86.9 Å². The maximum absolute atomic E-state index is 14.5. The predicted molar refractivity (Wildman–Crippen MR) is 126 cm³/mol. The molecule has 33 heavy (non-hydrogen) atoms. The molecule has 0 unspecified atom stereocenters. The summed E-state index contributed by atoms with van der Waals surface area (Å²) >= 11 is 0. The van der Waals surface area contributed by atoms with E-state index in [0.717, 1.165) is 48.3 Å². The van der Waals surface area contributed by atoms with Gasteiger partial charge in [0.2, 0.25) is 0 Å². The van der Waals surface area contributed by atoms with E-state index in [0.29, 0.717) is 25.1 Å². The Labute approximate surface area is 193 Å². The SMILES string of the molecule is COc1cc(C)c2[nH]ccc2c1CN1CCC2(C[C@@H]1c1ccc(OC=O)cc1)CC(C)(F)C2. The number of carbonyl (C=O) groups excluding carboxylic acids is 1. The fourth-order valence-corrected chi connectivity index (χ4v) is 6.34. The van der Waals surface area contributed by atoms with Gasteiger partial charge in [-0.2, -0.15) is 0 Å². The van der Waals surface area contributed by atoms with Crippen LogP contribution in [0.5, 0.6) is 11.5 Å². The first-order chi connectivity index (χ1) is 15.8. The van der Waals surface area contributed by atoms with Crippen LogP contribution < -0.4 is 9.47 Å². The van der Waals surface area contributed by atoms with Crippen molar-refractivity contribution in [3.8, 4) is 11.5 Å². The lowest BCUT2D eigenvalue weighted by molar-refractivity contribution is -0.120. The number of fused-ring (bicyclic) bond motifs is 1. The van der Waals surface area contributed by atoms with Crippen LogP contribution in [-0.2, 0) is 11.3 Å². The average Bonchev–Trinajstić information content (AvgIpc) is 3.27. The molecule has 1 saturated carbocycles. The number of nitrogens with zero attached hydrogens (tertiary/aromatic N) is 1. The summed E-state index contributed by atoms with van der Waals surface area (Å²) in [6.45, 7) is 5.91. The van der Waals surface area contributed by atoms with Gasteiger partial charge in [-0.3, -0.25) is 9.69 Å². The van der Waals surface area contributed by atoms with Crippen molar-refractivity contribution in [2.45, 2.75) is 57.8 Å². The van der Waals surface area contributed by atoms with E-state index in [2.05, 4.69) is 28.9 Å². The van der Waals surface area contributed by atoms with Crippen LogP contribution in [0.3, 0.4) is 0 Å². The molecule has 2 heterocycles. The standard InChI is InChI=1S/C27H31FN2O3/c1-18-12-24(32-3)22(21-8-10-29-25(18)21)14-30-11-9-27(15-26(2,28)16-27)13-23(30)19-4-6-20(7-5-19)33-17-31/h4-8,10,12,17,23,29H,9,11,13-16H2,1-3H3/t23-,26?,27?/m1/s1. The molecule has 2 aliphatic rings. The lowest BCUT2D eigenvalue weighted by Crippen LogP contribution is -2.53. The molecule has 6 heteroatoms. The highest BCUT2D eigenvalue weighted by molar-refractivity contribution is 5.88. The minimum absolute atomic E-state index is 0.0589. The van der Waals surface area contributed by atoms with Gasteiger partial charge in [-0.1, -0.05) is 12.1 Å². The monoisotopic (exact) mass is 450 g/mol. The van der Waals surface area contributed by atoms with Crippen LogP contribution in [0.2, 0.25) is 0 Å². The molecule has 1 spiro atoms. The molecule has 0 bridgehead atoms. The fraction of sp³-hybridized carbons (Fsp3) is 0.444. The lowest BCUT2D eigenvalue weighted by atomic mass is 9.55. The number of aryl methyl sites for hydroxylation is 1. The van der Waals surface area contributed by atoms with Gasteiger partial charge in [0.1, 0.15) is 17.2 Å². The maximum atomic E-state index is 14.5. The number of aromatic amines is 1. The normalized spacial score (nSPS) is 27.5. The predicted octanol–water partition coefficient (Wildman–Crippen LogP) is 5.87. The Morgan fingerprint density at radius 1 is 1.24 bits per heavy atom. The number of benzene rings is 2. The van der Waals surface area contributed by atoms with Crippen molar-refractivity contribution < 1.29 is 18.7 Å². The van der Waals surface area contributed by atoms with Crippen molar-refractivity contribution in [1.82, 2.24) is 9.88 Å². The van der Waals surface area contributed by atoms with Crippen LogP contribution in [0, 0.1) is 12.3 Å². The van der Waals surface area contributed by atoms with Gasteiger partial charge in [0.05, 0.1) is 7.11 Å².